The standard InChI is InChI=1S/C49H57N7O5S/c57-30-42-38-20-24-55(28-32-18-21-50-22-19-32)47(38)39-27-34(12-15-41(39)53-42)33-5-2-6-36(26-33)52-45(58)9-1-4-31-10-13-35(14-11-31)51-23-25-62-44-8-3-7-37-40(44)29-56(49(37)61)43-16-17-46(59)54-48(43)60/h2-3,5-8,12,15,18-19,21-22,26-27,31,35,38,42-43,47,51,53,57H,1,4,9-11,13-14,16-17,20,23-25,28-30H2,(H,52,58)(H,54,59,60)/t31?,35?,38-,42-,43?,47-/m1/s1. The number of imide groups is 1. The summed E-state index contributed by atoms with van der Waals surface area (Å²) in [5.41, 5.74) is 8.19. The first-order valence-electron chi connectivity index (χ1n) is 22.5. The minimum Gasteiger partial charge on any atom is -0.394 e. The first kappa shape index (κ1) is 42.2. The molecule has 3 fully saturated rings. The lowest BCUT2D eigenvalue weighted by atomic mass is 9.82. The van der Waals surface area contributed by atoms with Crippen LogP contribution in [-0.2, 0) is 27.5 Å². The highest BCUT2D eigenvalue weighted by molar-refractivity contribution is 7.99. The minimum atomic E-state index is -0.604. The molecule has 1 aromatic heterocycles. The van der Waals surface area contributed by atoms with Crippen LogP contribution in [0.5, 0.6) is 0 Å². The Balaban J connectivity index is 0.708. The summed E-state index contributed by atoms with van der Waals surface area (Å²) in [6.45, 7) is 3.19. The van der Waals surface area contributed by atoms with Gasteiger partial charge in [-0.3, -0.25) is 34.4 Å². The largest absolute Gasteiger partial charge is 0.394 e. The molecule has 0 spiro atoms. The average molecular weight is 856 g/mol. The number of fused-ring (bicyclic) bond motifs is 4. The van der Waals surface area contributed by atoms with E-state index in [4.69, 9.17) is 0 Å². The molecule has 4 amide bonds. The van der Waals surface area contributed by atoms with Crippen molar-refractivity contribution >= 4 is 46.8 Å². The van der Waals surface area contributed by atoms with Crippen molar-refractivity contribution in [2.45, 2.75) is 106 Å². The third-order valence-electron chi connectivity index (χ3n) is 13.8. The highest BCUT2D eigenvalue weighted by atomic mass is 32.2. The molecule has 5 heterocycles. The number of amides is 4. The molecule has 62 heavy (non-hydrogen) atoms. The van der Waals surface area contributed by atoms with Crippen LogP contribution in [0.2, 0.25) is 0 Å². The van der Waals surface area contributed by atoms with Crippen LogP contribution in [0.3, 0.4) is 0 Å². The molecule has 1 unspecified atom stereocenters. The van der Waals surface area contributed by atoms with Crippen molar-refractivity contribution in [2.24, 2.45) is 11.8 Å². The molecule has 4 aromatic rings. The number of benzene rings is 3. The van der Waals surface area contributed by atoms with Gasteiger partial charge in [0.25, 0.3) is 5.91 Å². The van der Waals surface area contributed by atoms with Crippen LogP contribution in [0, 0.1) is 11.8 Å². The van der Waals surface area contributed by atoms with Gasteiger partial charge in [0, 0.05) is 90.5 Å². The Kier molecular flexibility index (Phi) is 13.0. The Morgan fingerprint density at radius 1 is 0.919 bits per heavy atom. The van der Waals surface area contributed by atoms with Crippen LogP contribution in [0.25, 0.3) is 11.1 Å². The van der Waals surface area contributed by atoms with Gasteiger partial charge in [-0.1, -0.05) is 24.3 Å². The molecule has 1 saturated carbocycles. The summed E-state index contributed by atoms with van der Waals surface area (Å²) in [5, 5.41) is 23.2. The SMILES string of the molecule is O=C1CCC(N2Cc3c(SCCNC4CCC(CCCC(=O)Nc5cccc(-c6ccc7c(c6)[C@H]6[C@H](CCN6Cc6ccncc6)[C@@H](CO)N7)c5)CC4)cccc3C2=O)C(=O)N1. The van der Waals surface area contributed by atoms with E-state index >= 15 is 0 Å². The van der Waals surface area contributed by atoms with Crippen LogP contribution in [0.4, 0.5) is 11.4 Å². The van der Waals surface area contributed by atoms with E-state index in [1.165, 1.54) is 24.0 Å². The predicted molar refractivity (Wildman–Crippen MR) is 241 cm³/mol. The van der Waals surface area contributed by atoms with E-state index in [1.54, 1.807) is 16.7 Å². The number of aliphatic hydroxyl groups excluding tert-OH is 1. The molecule has 324 valence electrons. The minimum absolute atomic E-state index is 0.0236. The van der Waals surface area contributed by atoms with Gasteiger partial charge in [-0.2, -0.15) is 0 Å². The fraction of sp³-hybridized carbons (Fsp3) is 0.449. The van der Waals surface area contributed by atoms with Gasteiger partial charge >= 0.3 is 0 Å². The molecule has 4 aliphatic heterocycles. The summed E-state index contributed by atoms with van der Waals surface area (Å²) in [7, 11) is 0. The number of pyridine rings is 1. The van der Waals surface area contributed by atoms with E-state index in [1.807, 2.05) is 36.7 Å². The first-order valence-corrected chi connectivity index (χ1v) is 23.5. The molecular weight excluding hydrogens is 799 g/mol. The van der Waals surface area contributed by atoms with Gasteiger partial charge in [0.15, 0.2) is 0 Å². The number of carbonyl (C=O) groups is 4. The Morgan fingerprint density at radius 2 is 1.74 bits per heavy atom. The van der Waals surface area contributed by atoms with Crippen LogP contribution < -0.4 is 21.3 Å². The summed E-state index contributed by atoms with van der Waals surface area (Å²) < 4.78 is 0. The number of hydrogen-bond acceptors (Lipinski definition) is 10. The number of anilines is 2. The molecule has 2 saturated heterocycles. The van der Waals surface area contributed by atoms with Crippen molar-refractivity contribution in [1.29, 1.82) is 0 Å². The number of nitrogens with one attached hydrogen (secondary N) is 4. The zero-order chi connectivity index (χ0) is 42.6. The molecule has 0 radical (unpaired) electrons. The van der Waals surface area contributed by atoms with Crippen molar-refractivity contribution in [3.8, 4) is 11.1 Å². The lowest BCUT2D eigenvalue weighted by molar-refractivity contribution is -0.137. The van der Waals surface area contributed by atoms with Crippen molar-refractivity contribution < 1.29 is 24.3 Å². The normalized spacial score (nSPS) is 24.5. The van der Waals surface area contributed by atoms with Gasteiger partial charge in [0.2, 0.25) is 17.7 Å². The molecule has 1 aliphatic carbocycles. The fourth-order valence-electron chi connectivity index (χ4n) is 10.6. The van der Waals surface area contributed by atoms with Crippen molar-refractivity contribution in [3.63, 3.8) is 0 Å². The quantitative estimate of drug-likeness (QED) is 0.0484. The number of aliphatic hydroxyl groups is 1. The Morgan fingerprint density at radius 3 is 2.56 bits per heavy atom. The Bertz CT molecular complexity index is 2280. The van der Waals surface area contributed by atoms with Gasteiger partial charge < -0.3 is 26.0 Å². The maximum atomic E-state index is 13.2. The second kappa shape index (κ2) is 19.1. The van der Waals surface area contributed by atoms with E-state index in [2.05, 4.69) is 79.7 Å². The zero-order valence-electron chi connectivity index (χ0n) is 35.2. The summed E-state index contributed by atoms with van der Waals surface area (Å²) in [5.74, 6) is 1.09. The van der Waals surface area contributed by atoms with Crippen LogP contribution in [-0.4, -0.2) is 87.1 Å². The highest BCUT2D eigenvalue weighted by Gasteiger charge is 2.44. The third-order valence-corrected chi connectivity index (χ3v) is 14.9. The van der Waals surface area contributed by atoms with Gasteiger partial charge in [-0.05, 0) is 140 Å². The maximum Gasteiger partial charge on any atom is 0.255 e. The molecule has 12 nitrogen and oxygen atoms in total. The van der Waals surface area contributed by atoms with Gasteiger partial charge in [-0.15, -0.1) is 11.8 Å². The molecule has 4 atom stereocenters. The molecule has 0 bridgehead atoms. The maximum absolute atomic E-state index is 13.2. The third kappa shape index (κ3) is 9.32. The van der Waals surface area contributed by atoms with Crippen molar-refractivity contribution in [2.75, 3.05) is 36.1 Å². The predicted octanol–water partition coefficient (Wildman–Crippen LogP) is 6.91. The van der Waals surface area contributed by atoms with E-state index in [9.17, 15) is 24.3 Å². The van der Waals surface area contributed by atoms with E-state index in [0.29, 0.717) is 42.8 Å². The number of piperidine rings is 1. The van der Waals surface area contributed by atoms with Gasteiger partial charge in [0.05, 0.1) is 12.6 Å². The van der Waals surface area contributed by atoms with E-state index in [-0.39, 0.29) is 48.7 Å². The fourth-order valence-corrected chi connectivity index (χ4v) is 11.5. The number of thioether (sulfide) groups is 1. The lowest BCUT2D eigenvalue weighted by Crippen LogP contribution is -2.52. The topological polar surface area (TPSA) is 156 Å². The van der Waals surface area contributed by atoms with E-state index < -0.39 is 6.04 Å². The molecule has 5 N–H and O–H groups in total. The van der Waals surface area contributed by atoms with Crippen LogP contribution in [0.15, 0.2) is 90.1 Å². The number of likely N-dealkylation sites (tertiary alicyclic amines) is 1. The Labute approximate surface area is 368 Å². The number of nitrogens with zero attached hydrogens (tertiary/aromatic N) is 3. The summed E-state index contributed by atoms with van der Waals surface area (Å²) in [6.07, 6.45) is 12.4. The summed E-state index contributed by atoms with van der Waals surface area (Å²) >= 11 is 1.74. The van der Waals surface area contributed by atoms with Crippen molar-refractivity contribution in [3.05, 3.63) is 107 Å². The van der Waals surface area contributed by atoms with Gasteiger partial charge in [0.1, 0.15) is 6.04 Å². The number of aromatic nitrogens is 1. The zero-order valence-corrected chi connectivity index (χ0v) is 36.0. The molecule has 5 aliphatic rings. The van der Waals surface area contributed by atoms with Crippen molar-refractivity contribution in [1.82, 2.24) is 25.4 Å². The second-order valence-corrected chi connectivity index (χ2v) is 18.8. The van der Waals surface area contributed by atoms with Gasteiger partial charge in [-0.25, -0.2) is 0 Å². The van der Waals surface area contributed by atoms with Crippen LogP contribution in [0.1, 0.15) is 97.3 Å². The van der Waals surface area contributed by atoms with E-state index in [0.717, 1.165) is 90.5 Å². The van der Waals surface area contributed by atoms with Crippen LogP contribution >= 0.6 is 11.8 Å². The Hall–Kier alpha value is -5.08. The monoisotopic (exact) mass is 855 g/mol. The molecule has 9 rings (SSSR count). The molecular formula is C49H57N7O5S. The molecule has 3 aromatic carbocycles. The first-order chi connectivity index (χ1) is 30.3. The summed E-state index contributed by atoms with van der Waals surface area (Å²) in [4.78, 5) is 59.9. The second-order valence-electron chi connectivity index (χ2n) is 17.7. The number of hydrogen-bond donors (Lipinski definition) is 5. The number of carbonyl (C=O) groups excluding carboxylic acids is 4. The number of rotatable bonds is 15. The summed E-state index contributed by atoms with van der Waals surface area (Å²) in [6, 6.07) is 24.8. The smallest absolute Gasteiger partial charge is 0.255 e. The lowest BCUT2D eigenvalue weighted by Gasteiger charge is -2.39. The average Bonchev–Trinajstić information content (AvgIpc) is 3.86. The molecule has 13 heteroatoms. The highest BCUT2D eigenvalue weighted by Crippen LogP contribution is 2.48.